The smallest absolute Gasteiger partial charge is 0.227 e. The predicted molar refractivity (Wildman–Crippen MR) is 133 cm³/mol. The van der Waals surface area contributed by atoms with Crippen molar-refractivity contribution in [2.45, 2.75) is 32.2 Å². The SMILES string of the molecule is CN=C(NCCCC(=O)N1CCc2ccccc21)NC(C)c1ccc(OC)c(F)c1.I. The molecule has 1 atom stereocenters. The predicted octanol–water partition coefficient (Wildman–Crippen LogP) is 4.05. The summed E-state index contributed by atoms with van der Waals surface area (Å²) in [6.45, 7) is 3.30. The van der Waals surface area contributed by atoms with Gasteiger partial charge in [0.1, 0.15) is 0 Å². The van der Waals surface area contributed by atoms with Crippen molar-refractivity contribution in [2.24, 2.45) is 4.99 Å². The van der Waals surface area contributed by atoms with Crippen LogP contribution in [0.25, 0.3) is 0 Å². The molecular weight excluding hydrogens is 510 g/mol. The van der Waals surface area contributed by atoms with E-state index in [0.717, 1.165) is 24.2 Å². The minimum absolute atomic E-state index is 0. The number of guanidine groups is 1. The zero-order valence-corrected chi connectivity index (χ0v) is 20.5. The first-order chi connectivity index (χ1) is 14.5. The summed E-state index contributed by atoms with van der Waals surface area (Å²) < 4.78 is 18.9. The van der Waals surface area contributed by atoms with Crippen LogP contribution in [-0.2, 0) is 11.2 Å². The largest absolute Gasteiger partial charge is 0.494 e. The number of benzene rings is 2. The van der Waals surface area contributed by atoms with Gasteiger partial charge in [-0.1, -0.05) is 24.3 Å². The normalized spacial score (nSPS) is 13.8. The Bertz CT molecular complexity index is 922. The fourth-order valence-corrected chi connectivity index (χ4v) is 3.61. The molecule has 0 aromatic heterocycles. The van der Waals surface area contributed by atoms with Gasteiger partial charge in [0.25, 0.3) is 0 Å². The molecule has 31 heavy (non-hydrogen) atoms. The van der Waals surface area contributed by atoms with Gasteiger partial charge in [0.15, 0.2) is 17.5 Å². The van der Waals surface area contributed by atoms with Gasteiger partial charge in [0, 0.05) is 32.2 Å². The number of amides is 1. The molecule has 0 saturated heterocycles. The molecule has 0 bridgehead atoms. The van der Waals surface area contributed by atoms with Gasteiger partial charge >= 0.3 is 0 Å². The second-order valence-corrected chi connectivity index (χ2v) is 7.29. The van der Waals surface area contributed by atoms with Crippen molar-refractivity contribution in [3.63, 3.8) is 0 Å². The lowest BCUT2D eigenvalue weighted by Crippen LogP contribution is -2.39. The molecule has 1 aliphatic heterocycles. The van der Waals surface area contributed by atoms with Crippen molar-refractivity contribution in [3.8, 4) is 5.75 Å². The number of anilines is 1. The molecule has 168 valence electrons. The third-order valence-electron chi connectivity index (χ3n) is 5.30. The van der Waals surface area contributed by atoms with Crippen LogP contribution in [0.1, 0.15) is 36.9 Å². The second-order valence-electron chi connectivity index (χ2n) is 7.29. The average Bonchev–Trinajstić information content (AvgIpc) is 3.19. The lowest BCUT2D eigenvalue weighted by Gasteiger charge is -2.19. The topological polar surface area (TPSA) is 66.0 Å². The Morgan fingerprint density at radius 1 is 1.29 bits per heavy atom. The van der Waals surface area contributed by atoms with E-state index in [1.54, 1.807) is 13.1 Å². The number of carbonyl (C=O) groups excluding carboxylic acids is 1. The van der Waals surface area contributed by atoms with E-state index in [0.29, 0.717) is 25.3 Å². The maximum Gasteiger partial charge on any atom is 0.227 e. The maximum atomic E-state index is 13.9. The van der Waals surface area contributed by atoms with Gasteiger partial charge in [-0.15, -0.1) is 24.0 Å². The lowest BCUT2D eigenvalue weighted by molar-refractivity contribution is -0.118. The van der Waals surface area contributed by atoms with E-state index in [9.17, 15) is 9.18 Å². The van der Waals surface area contributed by atoms with Gasteiger partial charge in [-0.25, -0.2) is 4.39 Å². The number of carbonyl (C=O) groups is 1. The van der Waals surface area contributed by atoms with Crippen LogP contribution in [0.4, 0.5) is 10.1 Å². The van der Waals surface area contributed by atoms with Crippen molar-refractivity contribution in [1.82, 2.24) is 10.6 Å². The van der Waals surface area contributed by atoms with Gasteiger partial charge < -0.3 is 20.3 Å². The highest BCUT2D eigenvalue weighted by Crippen LogP contribution is 2.28. The van der Waals surface area contributed by atoms with E-state index >= 15 is 0 Å². The van der Waals surface area contributed by atoms with Crippen LogP contribution in [0, 0.1) is 5.82 Å². The summed E-state index contributed by atoms with van der Waals surface area (Å²) in [4.78, 5) is 18.7. The van der Waals surface area contributed by atoms with Crippen LogP contribution in [0.5, 0.6) is 5.75 Å². The zero-order chi connectivity index (χ0) is 21.5. The Hall–Kier alpha value is -2.36. The van der Waals surface area contributed by atoms with Crippen molar-refractivity contribution < 1.29 is 13.9 Å². The molecule has 2 aromatic rings. The van der Waals surface area contributed by atoms with Crippen LogP contribution in [0.15, 0.2) is 47.5 Å². The van der Waals surface area contributed by atoms with Gasteiger partial charge in [0.2, 0.25) is 5.91 Å². The van der Waals surface area contributed by atoms with E-state index < -0.39 is 5.82 Å². The molecule has 3 rings (SSSR count). The van der Waals surface area contributed by atoms with E-state index in [-0.39, 0.29) is 41.7 Å². The van der Waals surface area contributed by atoms with E-state index in [4.69, 9.17) is 4.74 Å². The molecule has 0 radical (unpaired) electrons. The third kappa shape index (κ3) is 6.32. The van der Waals surface area contributed by atoms with Crippen LogP contribution in [-0.4, -0.2) is 39.1 Å². The lowest BCUT2D eigenvalue weighted by atomic mass is 10.1. The number of aliphatic imine (C=N–C) groups is 1. The molecule has 1 unspecified atom stereocenters. The fraction of sp³-hybridized carbons (Fsp3) is 0.391. The summed E-state index contributed by atoms with van der Waals surface area (Å²) in [5, 5.41) is 6.46. The summed E-state index contributed by atoms with van der Waals surface area (Å²) in [6, 6.07) is 12.8. The van der Waals surface area contributed by atoms with Crippen LogP contribution >= 0.6 is 24.0 Å². The highest BCUT2D eigenvalue weighted by Gasteiger charge is 2.23. The Morgan fingerprint density at radius 2 is 2.06 bits per heavy atom. The second kappa shape index (κ2) is 11.9. The van der Waals surface area contributed by atoms with Crippen LogP contribution in [0.3, 0.4) is 0 Å². The van der Waals surface area contributed by atoms with Crippen molar-refractivity contribution in [3.05, 3.63) is 59.4 Å². The van der Waals surface area contributed by atoms with E-state index in [2.05, 4.69) is 21.7 Å². The molecule has 1 amide bonds. The van der Waals surface area contributed by atoms with E-state index in [1.807, 2.05) is 36.1 Å². The molecule has 0 saturated carbocycles. The van der Waals surface area contributed by atoms with Gasteiger partial charge in [-0.05, 0) is 49.1 Å². The number of ether oxygens (including phenoxy) is 1. The number of hydrogen-bond donors (Lipinski definition) is 2. The number of nitrogens with one attached hydrogen (secondary N) is 2. The molecule has 2 N–H and O–H groups in total. The number of nitrogens with zero attached hydrogens (tertiary/aromatic N) is 2. The first-order valence-corrected chi connectivity index (χ1v) is 10.2. The average molecular weight is 540 g/mol. The minimum atomic E-state index is -0.395. The van der Waals surface area contributed by atoms with Gasteiger partial charge in [0.05, 0.1) is 13.2 Å². The standard InChI is InChI=1S/C23H29FN4O2.HI/c1-16(18-10-11-21(30-3)19(24)15-18)27-23(25-2)26-13-6-9-22(29)28-14-12-17-7-4-5-8-20(17)28;/h4-5,7-8,10-11,15-16H,6,9,12-14H2,1-3H3,(H2,25,26,27);1H. The first kappa shape index (κ1) is 24.9. The molecule has 8 heteroatoms. The Morgan fingerprint density at radius 3 is 2.77 bits per heavy atom. The van der Waals surface area contributed by atoms with Crippen molar-refractivity contribution >= 4 is 41.5 Å². The summed E-state index contributed by atoms with van der Waals surface area (Å²) >= 11 is 0. The number of hydrogen-bond acceptors (Lipinski definition) is 3. The van der Waals surface area contributed by atoms with Crippen molar-refractivity contribution in [2.75, 3.05) is 32.1 Å². The molecule has 0 spiro atoms. The van der Waals surface area contributed by atoms with Crippen LogP contribution < -0.4 is 20.3 Å². The number of fused-ring (bicyclic) bond motifs is 1. The highest BCUT2D eigenvalue weighted by atomic mass is 127. The van der Waals surface area contributed by atoms with E-state index in [1.165, 1.54) is 18.7 Å². The minimum Gasteiger partial charge on any atom is -0.494 e. The Labute approximate surface area is 200 Å². The van der Waals surface area contributed by atoms with Crippen molar-refractivity contribution in [1.29, 1.82) is 0 Å². The Balaban J connectivity index is 0.00000341. The molecule has 2 aromatic carbocycles. The number of halogens is 2. The number of rotatable bonds is 7. The Kier molecular flexibility index (Phi) is 9.54. The first-order valence-electron chi connectivity index (χ1n) is 10.2. The molecule has 6 nitrogen and oxygen atoms in total. The zero-order valence-electron chi connectivity index (χ0n) is 18.2. The molecular formula is C23H30FIN4O2. The van der Waals surface area contributed by atoms with Gasteiger partial charge in [-0.3, -0.25) is 9.79 Å². The highest BCUT2D eigenvalue weighted by molar-refractivity contribution is 14.0. The monoisotopic (exact) mass is 540 g/mol. The molecule has 1 aliphatic rings. The summed E-state index contributed by atoms with van der Waals surface area (Å²) in [5.74, 6) is 0.580. The summed E-state index contributed by atoms with van der Waals surface area (Å²) in [6.07, 6.45) is 2.09. The number of methoxy groups -OCH3 is 1. The molecule has 1 heterocycles. The van der Waals surface area contributed by atoms with Gasteiger partial charge in [-0.2, -0.15) is 0 Å². The number of para-hydroxylation sites is 1. The quantitative estimate of drug-likeness (QED) is 0.241. The fourth-order valence-electron chi connectivity index (χ4n) is 3.61. The molecule has 0 aliphatic carbocycles. The molecule has 0 fully saturated rings. The maximum absolute atomic E-state index is 13.9. The summed E-state index contributed by atoms with van der Waals surface area (Å²) in [7, 11) is 3.13. The van der Waals surface area contributed by atoms with Crippen LogP contribution in [0.2, 0.25) is 0 Å². The third-order valence-corrected chi connectivity index (χ3v) is 5.30. The summed E-state index contributed by atoms with van der Waals surface area (Å²) in [5.41, 5.74) is 3.06.